The molecule has 2 aliphatic heterocycles. The van der Waals surface area contributed by atoms with E-state index in [1.165, 1.54) is 6.33 Å². The van der Waals surface area contributed by atoms with Gasteiger partial charge in [-0.1, -0.05) is 0 Å². The van der Waals surface area contributed by atoms with E-state index >= 15 is 0 Å². The van der Waals surface area contributed by atoms with Gasteiger partial charge in [0.15, 0.2) is 0 Å². The molecule has 2 saturated heterocycles. The van der Waals surface area contributed by atoms with Crippen molar-refractivity contribution in [2.24, 2.45) is 0 Å². The first-order chi connectivity index (χ1) is 10.7. The first-order valence-corrected chi connectivity index (χ1v) is 8.01. The van der Waals surface area contributed by atoms with Gasteiger partial charge in [-0.05, 0) is 38.4 Å². The van der Waals surface area contributed by atoms with E-state index < -0.39 is 0 Å². The van der Waals surface area contributed by atoms with Crippen LogP contribution in [-0.4, -0.2) is 71.1 Å². The zero-order valence-electron chi connectivity index (χ0n) is 13.2. The number of likely N-dealkylation sites (tertiary alicyclic amines) is 1. The second kappa shape index (κ2) is 6.71. The predicted octanol–water partition coefficient (Wildman–Crippen LogP) is 0.732. The highest BCUT2D eigenvalue weighted by atomic mass is 16.5. The molecule has 3 heterocycles. The maximum Gasteiger partial charge on any atom is 0.223 e. The van der Waals surface area contributed by atoms with Gasteiger partial charge in [-0.3, -0.25) is 4.79 Å². The highest BCUT2D eigenvalue weighted by Gasteiger charge is 2.40. The summed E-state index contributed by atoms with van der Waals surface area (Å²) in [5.74, 6) is 0.208. The van der Waals surface area contributed by atoms with Crippen molar-refractivity contribution in [1.82, 2.24) is 19.8 Å². The summed E-state index contributed by atoms with van der Waals surface area (Å²) in [4.78, 5) is 24.8. The van der Waals surface area contributed by atoms with Crippen molar-refractivity contribution >= 4 is 5.91 Å². The van der Waals surface area contributed by atoms with Crippen LogP contribution in [0, 0.1) is 0 Å². The fourth-order valence-corrected chi connectivity index (χ4v) is 3.49. The zero-order valence-corrected chi connectivity index (χ0v) is 13.2. The molecule has 0 saturated carbocycles. The summed E-state index contributed by atoms with van der Waals surface area (Å²) >= 11 is 0. The number of likely N-dealkylation sites (N-methyl/N-ethyl adjacent to an activating group) is 1. The molecule has 1 aromatic heterocycles. The summed E-state index contributed by atoms with van der Waals surface area (Å²) in [6.07, 6.45) is 8.46. The Hall–Kier alpha value is -1.53. The van der Waals surface area contributed by atoms with Crippen molar-refractivity contribution in [2.75, 3.05) is 39.8 Å². The Labute approximate surface area is 131 Å². The molecular weight excluding hydrogens is 280 g/mol. The average molecular weight is 304 g/mol. The number of aromatic nitrogens is 2. The third kappa shape index (κ3) is 3.62. The quantitative estimate of drug-likeness (QED) is 0.824. The van der Waals surface area contributed by atoms with Crippen LogP contribution in [0.4, 0.5) is 0 Å². The minimum Gasteiger partial charge on any atom is -0.370 e. The normalized spacial score (nSPS) is 26.3. The topological polar surface area (TPSA) is 58.6 Å². The lowest BCUT2D eigenvalue weighted by atomic mass is 9.91. The van der Waals surface area contributed by atoms with Gasteiger partial charge in [0.2, 0.25) is 5.91 Å². The first kappa shape index (κ1) is 15.4. The Morgan fingerprint density at radius 3 is 2.91 bits per heavy atom. The number of morpholine rings is 1. The van der Waals surface area contributed by atoms with Crippen LogP contribution in [0.15, 0.2) is 18.7 Å². The number of ether oxygens (including phenoxy) is 1. The molecule has 1 amide bonds. The van der Waals surface area contributed by atoms with Crippen LogP contribution < -0.4 is 0 Å². The Morgan fingerprint density at radius 1 is 1.32 bits per heavy atom. The average Bonchev–Trinajstić information content (AvgIpc) is 2.53. The second-order valence-corrected chi connectivity index (χ2v) is 6.43. The van der Waals surface area contributed by atoms with Crippen molar-refractivity contribution in [1.29, 1.82) is 0 Å². The molecule has 1 unspecified atom stereocenters. The number of carbonyl (C=O) groups is 1. The van der Waals surface area contributed by atoms with Gasteiger partial charge in [-0.2, -0.15) is 0 Å². The van der Waals surface area contributed by atoms with E-state index in [1.807, 2.05) is 4.90 Å². The summed E-state index contributed by atoms with van der Waals surface area (Å²) in [5.41, 5.74) is 0.854. The third-order valence-electron chi connectivity index (χ3n) is 4.57. The second-order valence-electron chi connectivity index (χ2n) is 6.43. The van der Waals surface area contributed by atoms with Crippen LogP contribution in [0.1, 0.15) is 24.8 Å². The largest absolute Gasteiger partial charge is 0.370 e. The van der Waals surface area contributed by atoms with Gasteiger partial charge in [0.25, 0.3) is 0 Å². The van der Waals surface area contributed by atoms with E-state index in [9.17, 15) is 4.79 Å². The molecule has 6 nitrogen and oxygen atoms in total. The lowest BCUT2D eigenvalue weighted by Crippen LogP contribution is -2.60. The van der Waals surface area contributed by atoms with Crippen molar-refractivity contribution in [3.05, 3.63) is 24.3 Å². The number of amides is 1. The van der Waals surface area contributed by atoms with Gasteiger partial charge >= 0.3 is 0 Å². The summed E-state index contributed by atoms with van der Waals surface area (Å²) in [6, 6.07) is 0. The standard InChI is InChI=1S/C16H24N4O2/c1-19-6-2-5-16(11-19)12-20(7-8-22-16)15(21)4-3-14-9-17-13-18-10-14/h9-10,13H,2-8,11-12H2,1H3. The molecule has 2 fully saturated rings. The SMILES string of the molecule is CN1CCCC2(C1)CN(C(=O)CCc1cncnc1)CCO2. The van der Waals surface area contributed by atoms with Crippen LogP contribution in [-0.2, 0) is 16.0 Å². The van der Waals surface area contributed by atoms with Crippen molar-refractivity contribution in [2.45, 2.75) is 31.3 Å². The number of rotatable bonds is 3. The summed E-state index contributed by atoms with van der Waals surface area (Å²) in [7, 11) is 2.13. The van der Waals surface area contributed by atoms with Crippen LogP contribution in [0.25, 0.3) is 0 Å². The Balaban J connectivity index is 1.56. The van der Waals surface area contributed by atoms with Gasteiger partial charge < -0.3 is 14.5 Å². The minimum absolute atomic E-state index is 0.156. The molecular formula is C16H24N4O2. The number of aryl methyl sites for hydroxylation is 1. The van der Waals surface area contributed by atoms with Gasteiger partial charge in [-0.25, -0.2) is 9.97 Å². The Bertz CT molecular complexity index is 506. The fourth-order valence-electron chi connectivity index (χ4n) is 3.49. The van der Waals surface area contributed by atoms with Crippen molar-refractivity contribution in [3.8, 4) is 0 Å². The lowest BCUT2D eigenvalue weighted by molar-refractivity contribution is -0.159. The Morgan fingerprint density at radius 2 is 2.14 bits per heavy atom. The van der Waals surface area contributed by atoms with Gasteiger partial charge in [0, 0.05) is 31.9 Å². The van der Waals surface area contributed by atoms with Crippen LogP contribution in [0.3, 0.4) is 0 Å². The molecule has 0 aromatic carbocycles. The molecule has 1 spiro atoms. The van der Waals surface area contributed by atoms with E-state index in [2.05, 4.69) is 21.9 Å². The molecule has 0 bridgehead atoms. The zero-order chi connectivity index (χ0) is 15.4. The molecule has 1 aromatic rings. The molecule has 0 N–H and O–H groups in total. The summed E-state index contributed by atoms with van der Waals surface area (Å²) in [5, 5.41) is 0. The monoisotopic (exact) mass is 304 g/mol. The summed E-state index contributed by atoms with van der Waals surface area (Å²) < 4.78 is 6.06. The first-order valence-electron chi connectivity index (χ1n) is 8.01. The molecule has 120 valence electrons. The fraction of sp³-hybridized carbons (Fsp3) is 0.688. The molecule has 22 heavy (non-hydrogen) atoms. The highest BCUT2D eigenvalue weighted by molar-refractivity contribution is 5.76. The van der Waals surface area contributed by atoms with Crippen LogP contribution in [0.2, 0.25) is 0 Å². The van der Waals surface area contributed by atoms with Gasteiger partial charge in [-0.15, -0.1) is 0 Å². The van der Waals surface area contributed by atoms with E-state index in [0.29, 0.717) is 26.0 Å². The predicted molar refractivity (Wildman–Crippen MR) is 82.3 cm³/mol. The van der Waals surface area contributed by atoms with Gasteiger partial charge in [0.05, 0.1) is 18.8 Å². The molecule has 0 radical (unpaired) electrons. The van der Waals surface area contributed by atoms with E-state index in [1.54, 1.807) is 12.4 Å². The van der Waals surface area contributed by atoms with Crippen molar-refractivity contribution in [3.63, 3.8) is 0 Å². The third-order valence-corrected chi connectivity index (χ3v) is 4.57. The smallest absolute Gasteiger partial charge is 0.223 e. The maximum atomic E-state index is 12.5. The van der Waals surface area contributed by atoms with E-state index in [0.717, 1.165) is 38.0 Å². The van der Waals surface area contributed by atoms with Gasteiger partial charge in [0.1, 0.15) is 6.33 Å². The Kier molecular flexibility index (Phi) is 4.69. The molecule has 1 atom stereocenters. The number of nitrogens with zero attached hydrogens (tertiary/aromatic N) is 4. The molecule has 2 aliphatic rings. The highest BCUT2D eigenvalue weighted by Crippen LogP contribution is 2.28. The molecule has 3 rings (SSSR count). The number of carbonyl (C=O) groups excluding carboxylic acids is 1. The number of hydrogen-bond acceptors (Lipinski definition) is 5. The molecule has 6 heteroatoms. The van der Waals surface area contributed by atoms with Crippen LogP contribution in [0.5, 0.6) is 0 Å². The van der Waals surface area contributed by atoms with Crippen molar-refractivity contribution < 1.29 is 9.53 Å². The lowest BCUT2D eigenvalue weighted by Gasteiger charge is -2.47. The molecule has 0 aliphatic carbocycles. The van der Waals surface area contributed by atoms with E-state index in [-0.39, 0.29) is 11.5 Å². The number of piperidine rings is 1. The number of hydrogen-bond donors (Lipinski definition) is 0. The minimum atomic E-state index is -0.156. The van der Waals surface area contributed by atoms with E-state index in [4.69, 9.17) is 4.74 Å². The summed E-state index contributed by atoms with van der Waals surface area (Å²) in [6.45, 7) is 4.11. The maximum absolute atomic E-state index is 12.5. The van der Waals surface area contributed by atoms with Crippen LogP contribution >= 0.6 is 0 Å².